The molecule has 0 saturated heterocycles. The molecule has 1 nitrogen and oxygen atoms in total. The van der Waals surface area contributed by atoms with E-state index in [4.69, 9.17) is 0 Å². The molecule has 0 unspecified atom stereocenters. The molecule has 2 aromatic rings. The third-order valence-electron chi connectivity index (χ3n) is 2.66. The Labute approximate surface area is 90.1 Å². The minimum absolute atomic E-state index is 0.581. The molecule has 0 aliphatic carbocycles. The van der Waals surface area contributed by atoms with E-state index in [1.807, 2.05) is 0 Å². The predicted molar refractivity (Wildman–Crippen MR) is 64.3 cm³/mol. The van der Waals surface area contributed by atoms with Gasteiger partial charge in [-0.05, 0) is 17.5 Å². The second-order valence-electron chi connectivity index (χ2n) is 4.06. The number of nitrogens with zero attached hydrogens (tertiary/aromatic N) is 1. The van der Waals surface area contributed by atoms with Crippen LogP contribution in [0.2, 0.25) is 0 Å². The fraction of sp³-hybridized carbons (Fsp3) is 0.333. The van der Waals surface area contributed by atoms with Crippen molar-refractivity contribution in [1.82, 2.24) is 4.57 Å². The van der Waals surface area contributed by atoms with Crippen molar-refractivity contribution in [3.05, 3.63) is 30.0 Å². The number of hydrogen-bond acceptors (Lipinski definition) is 1. The first-order chi connectivity index (χ1) is 6.59. The van der Waals surface area contributed by atoms with Gasteiger partial charge >= 0.3 is 0 Å². The maximum atomic E-state index is 4.44. The average Bonchev–Trinajstić information content (AvgIpc) is 2.42. The minimum Gasteiger partial charge on any atom is -0.349 e. The standard InChI is InChI=1S/C12H15NS/c1-8(2)9-4-5-10-11(6-9)13(3)7-12(10)14/h4-8,14H,1-3H3. The van der Waals surface area contributed by atoms with Crippen molar-refractivity contribution in [2.45, 2.75) is 24.7 Å². The Kier molecular flexibility index (Phi) is 2.31. The summed E-state index contributed by atoms with van der Waals surface area (Å²) in [5.74, 6) is 0.581. The maximum absolute atomic E-state index is 4.44. The molecular weight excluding hydrogens is 190 g/mol. The van der Waals surface area contributed by atoms with Crippen LogP contribution in [0.3, 0.4) is 0 Å². The average molecular weight is 205 g/mol. The molecule has 0 aliphatic rings. The molecular formula is C12H15NS. The fourth-order valence-electron chi connectivity index (χ4n) is 1.74. The van der Waals surface area contributed by atoms with Crippen molar-refractivity contribution in [3.8, 4) is 0 Å². The van der Waals surface area contributed by atoms with E-state index in [1.165, 1.54) is 16.5 Å². The molecule has 0 atom stereocenters. The van der Waals surface area contributed by atoms with Gasteiger partial charge in [0.25, 0.3) is 0 Å². The highest BCUT2D eigenvalue weighted by molar-refractivity contribution is 7.80. The predicted octanol–water partition coefficient (Wildman–Crippen LogP) is 3.59. The summed E-state index contributed by atoms with van der Waals surface area (Å²) in [4.78, 5) is 1.05. The number of fused-ring (bicyclic) bond motifs is 1. The molecule has 74 valence electrons. The van der Waals surface area contributed by atoms with Gasteiger partial charge in [0, 0.05) is 29.0 Å². The zero-order valence-corrected chi connectivity index (χ0v) is 9.68. The van der Waals surface area contributed by atoms with E-state index < -0.39 is 0 Å². The molecule has 0 spiro atoms. The van der Waals surface area contributed by atoms with Crippen LogP contribution in [0.15, 0.2) is 29.3 Å². The molecule has 0 saturated carbocycles. The quantitative estimate of drug-likeness (QED) is 0.679. The minimum atomic E-state index is 0.581. The third kappa shape index (κ3) is 1.44. The lowest BCUT2D eigenvalue weighted by Crippen LogP contribution is -1.89. The van der Waals surface area contributed by atoms with Crippen LogP contribution in [0, 0.1) is 0 Å². The smallest absolute Gasteiger partial charge is 0.0492 e. The summed E-state index contributed by atoms with van der Waals surface area (Å²) in [5.41, 5.74) is 2.65. The van der Waals surface area contributed by atoms with Gasteiger partial charge in [0.1, 0.15) is 0 Å². The largest absolute Gasteiger partial charge is 0.349 e. The van der Waals surface area contributed by atoms with E-state index >= 15 is 0 Å². The highest BCUT2D eigenvalue weighted by Gasteiger charge is 2.05. The molecule has 1 aromatic heterocycles. The van der Waals surface area contributed by atoms with E-state index in [2.05, 4.69) is 62.5 Å². The van der Waals surface area contributed by atoms with Crippen LogP contribution in [0.25, 0.3) is 10.9 Å². The Morgan fingerprint density at radius 1 is 1.29 bits per heavy atom. The molecule has 0 amide bonds. The van der Waals surface area contributed by atoms with Gasteiger partial charge in [0.05, 0.1) is 0 Å². The Morgan fingerprint density at radius 2 is 2.00 bits per heavy atom. The number of hydrogen-bond donors (Lipinski definition) is 1. The number of benzene rings is 1. The molecule has 2 rings (SSSR count). The van der Waals surface area contributed by atoms with Gasteiger partial charge in [-0.3, -0.25) is 0 Å². The first-order valence-corrected chi connectivity index (χ1v) is 5.32. The zero-order chi connectivity index (χ0) is 10.3. The van der Waals surface area contributed by atoms with E-state index in [1.54, 1.807) is 0 Å². The number of aromatic nitrogens is 1. The van der Waals surface area contributed by atoms with E-state index in [0.717, 1.165) is 4.90 Å². The Balaban J connectivity index is 2.71. The normalized spacial score (nSPS) is 11.5. The summed E-state index contributed by atoms with van der Waals surface area (Å²) in [6.45, 7) is 4.43. The summed E-state index contributed by atoms with van der Waals surface area (Å²) in [6, 6.07) is 6.60. The molecule has 0 aliphatic heterocycles. The van der Waals surface area contributed by atoms with Crippen LogP contribution < -0.4 is 0 Å². The summed E-state index contributed by atoms with van der Waals surface area (Å²) < 4.78 is 2.13. The lowest BCUT2D eigenvalue weighted by Gasteiger charge is -2.05. The first kappa shape index (κ1) is 9.66. The van der Waals surface area contributed by atoms with Crippen LogP contribution in [0.5, 0.6) is 0 Å². The van der Waals surface area contributed by atoms with Crippen molar-refractivity contribution < 1.29 is 0 Å². The number of aryl methyl sites for hydroxylation is 1. The van der Waals surface area contributed by atoms with Crippen LogP contribution in [-0.4, -0.2) is 4.57 Å². The molecule has 14 heavy (non-hydrogen) atoms. The number of thiol groups is 1. The Hall–Kier alpha value is -0.890. The van der Waals surface area contributed by atoms with Gasteiger partial charge in [-0.2, -0.15) is 0 Å². The maximum Gasteiger partial charge on any atom is 0.0492 e. The van der Waals surface area contributed by atoms with Crippen LogP contribution in [0.1, 0.15) is 25.3 Å². The molecule has 1 aromatic carbocycles. The monoisotopic (exact) mass is 205 g/mol. The highest BCUT2D eigenvalue weighted by atomic mass is 32.1. The molecule has 1 heterocycles. The van der Waals surface area contributed by atoms with Gasteiger partial charge in [0.2, 0.25) is 0 Å². The topological polar surface area (TPSA) is 4.93 Å². The molecule has 0 N–H and O–H groups in total. The third-order valence-corrected chi connectivity index (χ3v) is 3.02. The van der Waals surface area contributed by atoms with Gasteiger partial charge in [-0.15, -0.1) is 12.6 Å². The van der Waals surface area contributed by atoms with Gasteiger partial charge in [-0.25, -0.2) is 0 Å². The van der Waals surface area contributed by atoms with Gasteiger partial charge in [0.15, 0.2) is 0 Å². The summed E-state index contributed by atoms with van der Waals surface area (Å²) >= 11 is 4.44. The van der Waals surface area contributed by atoms with E-state index in [0.29, 0.717) is 5.92 Å². The van der Waals surface area contributed by atoms with Gasteiger partial charge < -0.3 is 4.57 Å². The molecule has 0 bridgehead atoms. The summed E-state index contributed by atoms with van der Waals surface area (Å²) in [7, 11) is 2.06. The van der Waals surface area contributed by atoms with Crippen molar-refractivity contribution in [2.75, 3.05) is 0 Å². The SMILES string of the molecule is CC(C)c1ccc2c(S)cn(C)c2c1. The van der Waals surface area contributed by atoms with E-state index in [9.17, 15) is 0 Å². The summed E-state index contributed by atoms with van der Waals surface area (Å²) in [6.07, 6.45) is 2.05. The lowest BCUT2D eigenvalue weighted by atomic mass is 10.0. The van der Waals surface area contributed by atoms with E-state index in [-0.39, 0.29) is 0 Å². The van der Waals surface area contributed by atoms with Crippen LogP contribution >= 0.6 is 12.6 Å². The number of rotatable bonds is 1. The van der Waals surface area contributed by atoms with Crippen LogP contribution in [0.4, 0.5) is 0 Å². The summed E-state index contributed by atoms with van der Waals surface area (Å²) in [5, 5.41) is 1.24. The highest BCUT2D eigenvalue weighted by Crippen LogP contribution is 2.26. The van der Waals surface area contributed by atoms with Crippen molar-refractivity contribution in [1.29, 1.82) is 0 Å². The molecule has 2 heteroatoms. The van der Waals surface area contributed by atoms with Crippen molar-refractivity contribution >= 4 is 23.5 Å². The molecule has 0 radical (unpaired) electrons. The molecule has 0 fully saturated rings. The zero-order valence-electron chi connectivity index (χ0n) is 8.78. The second-order valence-corrected chi connectivity index (χ2v) is 4.54. The van der Waals surface area contributed by atoms with Crippen LogP contribution in [-0.2, 0) is 7.05 Å². The Bertz CT molecular complexity index is 468. The Morgan fingerprint density at radius 3 is 2.64 bits per heavy atom. The second kappa shape index (κ2) is 3.35. The first-order valence-electron chi connectivity index (χ1n) is 4.87. The van der Waals surface area contributed by atoms with Crippen molar-refractivity contribution in [3.63, 3.8) is 0 Å². The lowest BCUT2D eigenvalue weighted by molar-refractivity contribution is 0.865. The fourth-order valence-corrected chi connectivity index (χ4v) is 2.10. The van der Waals surface area contributed by atoms with Gasteiger partial charge in [-0.1, -0.05) is 26.0 Å². The van der Waals surface area contributed by atoms with Crippen molar-refractivity contribution in [2.24, 2.45) is 7.05 Å².